The van der Waals surface area contributed by atoms with E-state index >= 15 is 0 Å². The third kappa shape index (κ3) is 2.42. The van der Waals surface area contributed by atoms with Crippen LogP contribution in [0, 0.1) is 29.6 Å². The van der Waals surface area contributed by atoms with E-state index in [1.165, 1.54) is 19.3 Å². The molecule has 3 saturated carbocycles. The molecule has 0 aromatic rings. The zero-order valence-corrected chi connectivity index (χ0v) is 11.7. The Kier molecular flexibility index (Phi) is 3.78. The summed E-state index contributed by atoms with van der Waals surface area (Å²) in [6, 6.07) is 0. The van der Waals surface area contributed by atoms with Crippen LogP contribution in [0.4, 0.5) is 0 Å². The highest BCUT2D eigenvalue weighted by atomic mass is 14.5. The summed E-state index contributed by atoms with van der Waals surface area (Å²) in [5, 5.41) is 0. The Balaban J connectivity index is 1.63. The second-order valence-corrected chi connectivity index (χ2v) is 7.18. The van der Waals surface area contributed by atoms with Gasteiger partial charge in [-0.2, -0.15) is 0 Å². The maximum Gasteiger partial charge on any atom is -0.0355 e. The van der Waals surface area contributed by atoms with E-state index in [9.17, 15) is 0 Å². The van der Waals surface area contributed by atoms with Crippen molar-refractivity contribution >= 4 is 0 Å². The van der Waals surface area contributed by atoms with Crippen LogP contribution >= 0.6 is 0 Å². The molecule has 0 heterocycles. The van der Waals surface area contributed by atoms with E-state index in [-0.39, 0.29) is 0 Å². The van der Waals surface area contributed by atoms with Crippen molar-refractivity contribution < 1.29 is 0 Å². The van der Waals surface area contributed by atoms with Crippen molar-refractivity contribution in [1.82, 2.24) is 0 Å². The van der Waals surface area contributed by atoms with Crippen LogP contribution in [-0.2, 0) is 0 Å². The third-order valence-corrected chi connectivity index (χ3v) is 6.27. The first kappa shape index (κ1) is 12.1. The molecule has 0 heteroatoms. The van der Waals surface area contributed by atoms with Gasteiger partial charge in [0.1, 0.15) is 0 Å². The molecule has 3 fully saturated rings. The van der Waals surface area contributed by atoms with Crippen molar-refractivity contribution in [1.29, 1.82) is 0 Å². The van der Waals surface area contributed by atoms with Crippen molar-refractivity contribution in [3.05, 3.63) is 0 Å². The number of fused-ring (bicyclic) bond motifs is 3. The first-order valence-corrected chi connectivity index (χ1v) is 8.38. The molecule has 5 atom stereocenters. The van der Waals surface area contributed by atoms with Gasteiger partial charge in [-0.15, -0.1) is 0 Å². The molecule has 0 bridgehead atoms. The average molecular weight is 234 g/mol. The quantitative estimate of drug-likeness (QED) is 0.598. The third-order valence-electron chi connectivity index (χ3n) is 6.27. The minimum atomic E-state index is 1.10. The van der Waals surface area contributed by atoms with E-state index in [1.54, 1.807) is 51.4 Å². The average Bonchev–Trinajstić information content (AvgIpc) is 2.39. The Bertz CT molecular complexity index is 244. The molecule has 0 aliphatic heterocycles. The summed E-state index contributed by atoms with van der Waals surface area (Å²) in [7, 11) is 0. The summed E-state index contributed by atoms with van der Waals surface area (Å²) in [6.45, 7) is 2.37. The van der Waals surface area contributed by atoms with E-state index in [1.807, 2.05) is 0 Å². The standard InChI is InChI=1S/C17H30/c1-2-5-13-8-11-17-15(12-13)10-9-14-6-3-4-7-16(14)17/h13-17H,2-12H2,1H3. The van der Waals surface area contributed by atoms with Crippen LogP contribution in [0.5, 0.6) is 0 Å². The fraction of sp³-hybridized carbons (Fsp3) is 1.00. The van der Waals surface area contributed by atoms with Gasteiger partial charge in [0, 0.05) is 0 Å². The van der Waals surface area contributed by atoms with Crippen molar-refractivity contribution in [2.75, 3.05) is 0 Å². The van der Waals surface area contributed by atoms with Gasteiger partial charge in [-0.1, -0.05) is 45.4 Å². The molecule has 0 radical (unpaired) electrons. The van der Waals surface area contributed by atoms with Gasteiger partial charge in [0.05, 0.1) is 0 Å². The second kappa shape index (κ2) is 5.33. The van der Waals surface area contributed by atoms with Crippen LogP contribution in [0.15, 0.2) is 0 Å². The first-order chi connectivity index (χ1) is 8.38. The molecule has 0 aromatic heterocycles. The van der Waals surface area contributed by atoms with Crippen LogP contribution in [0.3, 0.4) is 0 Å². The zero-order chi connectivity index (χ0) is 11.7. The first-order valence-electron chi connectivity index (χ1n) is 8.38. The fourth-order valence-corrected chi connectivity index (χ4v) is 5.54. The molecule has 5 unspecified atom stereocenters. The van der Waals surface area contributed by atoms with Gasteiger partial charge in [-0.3, -0.25) is 0 Å². The minimum absolute atomic E-state index is 1.10. The lowest BCUT2D eigenvalue weighted by Crippen LogP contribution is -2.39. The van der Waals surface area contributed by atoms with Gasteiger partial charge < -0.3 is 0 Å². The topological polar surface area (TPSA) is 0 Å². The molecule has 0 nitrogen and oxygen atoms in total. The Morgan fingerprint density at radius 1 is 0.765 bits per heavy atom. The van der Waals surface area contributed by atoms with Gasteiger partial charge in [0.25, 0.3) is 0 Å². The van der Waals surface area contributed by atoms with Gasteiger partial charge in [-0.25, -0.2) is 0 Å². The Morgan fingerprint density at radius 3 is 2.41 bits per heavy atom. The molecule has 0 amide bonds. The highest BCUT2D eigenvalue weighted by Crippen LogP contribution is 2.52. The van der Waals surface area contributed by atoms with Gasteiger partial charge in [0.2, 0.25) is 0 Å². The summed E-state index contributed by atoms with van der Waals surface area (Å²) in [5.74, 6) is 5.70. The van der Waals surface area contributed by atoms with Gasteiger partial charge >= 0.3 is 0 Å². The molecule has 3 aliphatic rings. The molecule has 17 heavy (non-hydrogen) atoms. The summed E-state index contributed by atoms with van der Waals surface area (Å²) < 4.78 is 0. The molecule has 98 valence electrons. The van der Waals surface area contributed by atoms with Gasteiger partial charge in [-0.05, 0) is 61.7 Å². The van der Waals surface area contributed by atoms with Crippen LogP contribution in [0.2, 0.25) is 0 Å². The maximum absolute atomic E-state index is 2.37. The lowest BCUT2D eigenvalue weighted by atomic mass is 9.56. The molecular weight excluding hydrogens is 204 g/mol. The van der Waals surface area contributed by atoms with Crippen LogP contribution in [0.25, 0.3) is 0 Å². The Hall–Kier alpha value is 0. The summed E-state index contributed by atoms with van der Waals surface area (Å²) in [4.78, 5) is 0. The monoisotopic (exact) mass is 234 g/mol. The lowest BCUT2D eigenvalue weighted by molar-refractivity contribution is 0.0103. The summed E-state index contributed by atoms with van der Waals surface area (Å²) in [6.07, 6.45) is 17.1. The van der Waals surface area contributed by atoms with E-state index in [4.69, 9.17) is 0 Å². The number of hydrogen-bond acceptors (Lipinski definition) is 0. The Labute approximate surface area is 108 Å². The molecule has 0 N–H and O–H groups in total. The largest absolute Gasteiger partial charge is 0.0654 e. The fourth-order valence-electron chi connectivity index (χ4n) is 5.54. The molecule has 0 spiro atoms. The highest BCUT2D eigenvalue weighted by molar-refractivity contribution is 4.92. The highest BCUT2D eigenvalue weighted by Gasteiger charge is 2.42. The molecule has 0 saturated heterocycles. The minimum Gasteiger partial charge on any atom is -0.0654 e. The van der Waals surface area contributed by atoms with Crippen molar-refractivity contribution in [2.45, 2.75) is 77.6 Å². The van der Waals surface area contributed by atoms with Crippen molar-refractivity contribution in [2.24, 2.45) is 29.6 Å². The SMILES string of the molecule is CCCC1CCC2C(CCC3CCCCC32)C1. The maximum atomic E-state index is 2.37. The van der Waals surface area contributed by atoms with E-state index in [0.29, 0.717) is 0 Å². The second-order valence-electron chi connectivity index (χ2n) is 7.18. The van der Waals surface area contributed by atoms with Crippen LogP contribution < -0.4 is 0 Å². The van der Waals surface area contributed by atoms with Crippen LogP contribution in [0.1, 0.15) is 77.6 Å². The molecular formula is C17H30. The van der Waals surface area contributed by atoms with Crippen LogP contribution in [-0.4, -0.2) is 0 Å². The predicted molar refractivity (Wildman–Crippen MR) is 73.9 cm³/mol. The van der Waals surface area contributed by atoms with E-state index in [2.05, 4.69) is 6.92 Å². The smallest absolute Gasteiger partial charge is 0.0355 e. The lowest BCUT2D eigenvalue weighted by Gasteiger charge is -2.49. The molecule has 0 aromatic carbocycles. The Morgan fingerprint density at radius 2 is 1.53 bits per heavy atom. The normalized spacial score (nSPS) is 46.1. The molecule has 3 aliphatic carbocycles. The van der Waals surface area contributed by atoms with Crippen molar-refractivity contribution in [3.63, 3.8) is 0 Å². The number of rotatable bonds is 2. The summed E-state index contributed by atoms with van der Waals surface area (Å²) in [5.41, 5.74) is 0. The molecule has 3 rings (SSSR count). The summed E-state index contributed by atoms with van der Waals surface area (Å²) >= 11 is 0. The zero-order valence-electron chi connectivity index (χ0n) is 11.7. The number of hydrogen-bond donors (Lipinski definition) is 0. The van der Waals surface area contributed by atoms with E-state index < -0.39 is 0 Å². The predicted octanol–water partition coefficient (Wildman–Crippen LogP) is 5.42. The van der Waals surface area contributed by atoms with Gasteiger partial charge in [0.15, 0.2) is 0 Å². The van der Waals surface area contributed by atoms with E-state index in [0.717, 1.165) is 29.6 Å². The van der Waals surface area contributed by atoms with Crippen molar-refractivity contribution in [3.8, 4) is 0 Å².